The monoisotopic (exact) mass is 296 g/mol. The topological polar surface area (TPSA) is 26.3 Å². The average molecular weight is 296 g/mol. The van der Waals surface area contributed by atoms with Gasteiger partial charge in [-0.3, -0.25) is 4.79 Å². The lowest BCUT2D eigenvalue weighted by molar-refractivity contribution is -0.134. The van der Waals surface area contributed by atoms with E-state index in [9.17, 15) is 4.79 Å². The molecule has 0 aliphatic rings. The lowest BCUT2D eigenvalue weighted by atomic mass is 9.87. The van der Waals surface area contributed by atoms with Crippen molar-refractivity contribution < 1.29 is 9.53 Å². The Bertz CT molecular complexity index is 606. The summed E-state index contributed by atoms with van der Waals surface area (Å²) < 4.78 is 5.44. The number of ether oxygens (including phenoxy) is 1. The molecule has 0 saturated heterocycles. The van der Waals surface area contributed by atoms with E-state index in [1.165, 1.54) is 5.56 Å². The van der Waals surface area contributed by atoms with Gasteiger partial charge in [-0.05, 0) is 34.6 Å². The zero-order chi connectivity index (χ0) is 16.2. The molecule has 0 bridgehead atoms. The number of carbonyl (C=O) groups excluding carboxylic acids is 1. The van der Waals surface area contributed by atoms with Crippen LogP contribution in [0.5, 0.6) is 5.75 Å². The summed E-state index contributed by atoms with van der Waals surface area (Å²) in [5.74, 6) is 0.570. The Morgan fingerprint density at radius 1 is 1.00 bits per heavy atom. The molecule has 0 saturated carbocycles. The fraction of sp³-hybridized carbons (Fsp3) is 0.350. The van der Waals surface area contributed by atoms with E-state index >= 15 is 0 Å². The molecule has 2 aromatic carbocycles. The Balaban J connectivity index is 1.95. The Kier molecular flexibility index (Phi) is 5.02. The third-order valence-corrected chi connectivity index (χ3v) is 3.79. The number of benzene rings is 2. The van der Waals surface area contributed by atoms with E-state index in [0.717, 1.165) is 5.56 Å². The molecule has 2 heteroatoms. The highest BCUT2D eigenvalue weighted by atomic mass is 16.5. The molecule has 0 fully saturated rings. The summed E-state index contributed by atoms with van der Waals surface area (Å²) in [5, 5.41) is 0. The van der Waals surface area contributed by atoms with Crippen molar-refractivity contribution in [3.05, 3.63) is 65.7 Å². The summed E-state index contributed by atoms with van der Waals surface area (Å²) in [4.78, 5) is 12.1. The first-order valence-electron chi connectivity index (χ1n) is 7.72. The van der Waals surface area contributed by atoms with Crippen LogP contribution in [0.15, 0.2) is 54.6 Å². The van der Waals surface area contributed by atoms with Crippen LogP contribution < -0.4 is 4.74 Å². The summed E-state index contributed by atoms with van der Waals surface area (Å²) in [6.07, 6.45) is 0.380. The normalized spacial score (nSPS) is 12.7. The molecule has 22 heavy (non-hydrogen) atoms. The van der Waals surface area contributed by atoms with Gasteiger partial charge in [-0.2, -0.15) is 0 Å². The van der Waals surface area contributed by atoms with E-state index in [-0.39, 0.29) is 17.3 Å². The van der Waals surface area contributed by atoms with Gasteiger partial charge in [0.1, 0.15) is 5.75 Å². The first-order chi connectivity index (χ1) is 10.4. The summed E-state index contributed by atoms with van der Waals surface area (Å²) in [6.45, 7) is 8.53. The van der Waals surface area contributed by atoms with Crippen molar-refractivity contribution in [3.8, 4) is 5.75 Å². The van der Waals surface area contributed by atoms with Crippen LogP contribution in [-0.4, -0.2) is 5.97 Å². The third kappa shape index (κ3) is 4.45. The second kappa shape index (κ2) is 6.78. The van der Waals surface area contributed by atoms with Gasteiger partial charge < -0.3 is 4.74 Å². The number of rotatable bonds is 4. The van der Waals surface area contributed by atoms with Crippen molar-refractivity contribution in [2.45, 2.75) is 45.4 Å². The molecule has 0 radical (unpaired) electrons. The average Bonchev–Trinajstić information content (AvgIpc) is 2.47. The van der Waals surface area contributed by atoms with E-state index in [1.807, 2.05) is 61.5 Å². The van der Waals surface area contributed by atoms with E-state index in [4.69, 9.17) is 4.74 Å². The van der Waals surface area contributed by atoms with Gasteiger partial charge in [0, 0.05) is 0 Å². The molecule has 1 unspecified atom stereocenters. The molecule has 2 nitrogen and oxygen atoms in total. The molecule has 2 rings (SSSR count). The van der Waals surface area contributed by atoms with Gasteiger partial charge >= 0.3 is 5.97 Å². The number of hydrogen-bond acceptors (Lipinski definition) is 2. The predicted octanol–water partition coefficient (Wildman–Crippen LogP) is 5.08. The zero-order valence-electron chi connectivity index (χ0n) is 13.8. The molecule has 0 aliphatic heterocycles. The summed E-state index contributed by atoms with van der Waals surface area (Å²) >= 11 is 0. The molecule has 0 spiro atoms. The molecule has 2 aromatic rings. The molecule has 0 aromatic heterocycles. The van der Waals surface area contributed by atoms with Gasteiger partial charge in [-0.1, -0.05) is 70.2 Å². The van der Waals surface area contributed by atoms with Crippen molar-refractivity contribution in [3.63, 3.8) is 0 Å². The van der Waals surface area contributed by atoms with Crippen molar-refractivity contribution >= 4 is 5.97 Å². The van der Waals surface area contributed by atoms with E-state index in [1.54, 1.807) is 0 Å². The van der Waals surface area contributed by atoms with Gasteiger partial charge in [-0.25, -0.2) is 0 Å². The van der Waals surface area contributed by atoms with E-state index in [2.05, 4.69) is 20.8 Å². The minimum absolute atomic E-state index is 0.102. The Hall–Kier alpha value is -2.09. The smallest absolute Gasteiger partial charge is 0.311 e. The summed E-state index contributed by atoms with van der Waals surface area (Å²) in [6, 6.07) is 17.8. The van der Waals surface area contributed by atoms with Crippen molar-refractivity contribution in [1.82, 2.24) is 0 Å². The lowest BCUT2D eigenvalue weighted by Gasteiger charge is -2.19. The Morgan fingerprint density at radius 2 is 1.59 bits per heavy atom. The first-order valence-corrected chi connectivity index (χ1v) is 7.72. The van der Waals surface area contributed by atoms with E-state index in [0.29, 0.717) is 12.2 Å². The molecule has 0 heterocycles. The van der Waals surface area contributed by atoms with Crippen molar-refractivity contribution in [2.75, 3.05) is 0 Å². The van der Waals surface area contributed by atoms with Crippen LogP contribution in [0.4, 0.5) is 0 Å². The highest BCUT2D eigenvalue weighted by molar-refractivity contribution is 5.73. The predicted molar refractivity (Wildman–Crippen MR) is 90.3 cm³/mol. The molecular weight excluding hydrogens is 272 g/mol. The SMILES string of the molecule is CC(CC(=O)Oc1ccc(C(C)(C)C)cc1)c1ccccc1. The van der Waals surface area contributed by atoms with Gasteiger partial charge in [0.05, 0.1) is 6.42 Å². The third-order valence-electron chi connectivity index (χ3n) is 3.79. The molecule has 0 aliphatic carbocycles. The minimum Gasteiger partial charge on any atom is -0.427 e. The number of carbonyl (C=O) groups is 1. The van der Waals surface area contributed by atoms with Crippen LogP contribution in [-0.2, 0) is 10.2 Å². The Labute approximate surface area is 133 Å². The fourth-order valence-electron chi connectivity index (χ4n) is 2.35. The molecule has 0 amide bonds. The standard InChI is InChI=1S/C20H24O2/c1-15(16-8-6-5-7-9-16)14-19(21)22-18-12-10-17(11-13-18)20(2,3)4/h5-13,15H,14H2,1-4H3. The minimum atomic E-state index is -0.195. The van der Waals surface area contributed by atoms with Crippen LogP contribution in [0.25, 0.3) is 0 Å². The van der Waals surface area contributed by atoms with Crippen LogP contribution in [0.1, 0.15) is 51.2 Å². The van der Waals surface area contributed by atoms with Gasteiger partial charge in [0.25, 0.3) is 0 Å². The van der Waals surface area contributed by atoms with Crippen LogP contribution in [0.2, 0.25) is 0 Å². The quantitative estimate of drug-likeness (QED) is 0.580. The molecular formula is C20H24O2. The lowest BCUT2D eigenvalue weighted by Crippen LogP contribution is -2.13. The highest BCUT2D eigenvalue weighted by Crippen LogP contribution is 2.25. The van der Waals surface area contributed by atoms with Crippen molar-refractivity contribution in [2.24, 2.45) is 0 Å². The molecule has 116 valence electrons. The van der Waals surface area contributed by atoms with E-state index < -0.39 is 0 Å². The maximum Gasteiger partial charge on any atom is 0.311 e. The largest absolute Gasteiger partial charge is 0.427 e. The summed E-state index contributed by atoms with van der Waals surface area (Å²) in [7, 11) is 0. The van der Waals surface area contributed by atoms with Crippen molar-refractivity contribution in [1.29, 1.82) is 0 Å². The second-order valence-corrected chi connectivity index (χ2v) is 6.76. The van der Waals surface area contributed by atoms with Crippen LogP contribution in [0.3, 0.4) is 0 Å². The maximum atomic E-state index is 12.1. The van der Waals surface area contributed by atoms with Gasteiger partial charge in [-0.15, -0.1) is 0 Å². The number of hydrogen-bond donors (Lipinski definition) is 0. The van der Waals surface area contributed by atoms with Crippen LogP contribution >= 0.6 is 0 Å². The zero-order valence-corrected chi connectivity index (χ0v) is 13.8. The molecule has 1 atom stereocenters. The first kappa shape index (κ1) is 16.3. The number of esters is 1. The van der Waals surface area contributed by atoms with Gasteiger partial charge in [0.15, 0.2) is 0 Å². The fourth-order valence-corrected chi connectivity index (χ4v) is 2.35. The second-order valence-electron chi connectivity index (χ2n) is 6.76. The Morgan fingerprint density at radius 3 is 2.14 bits per heavy atom. The summed E-state index contributed by atoms with van der Waals surface area (Å²) in [5.41, 5.74) is 2.48. The van der Waals surface area contributed by atoms with Gasteiger partial charge in [0.2, 0.25) is 0 Å². The maximum absolute atomic E-state index is 12.1. The molecule has 0 N–H and O–H groups in total. The van der Waals surface area contributed by atoms with Crippen LogP contribution in [0, 0.1) is 0 Å². The highest BCUT2D eigenvalue weighted by Gasteiger charge is 2.15.